The average molecular weight is 435 g/mol. The first-order valence-corrected chi connectivity index (χ1v) is 10.1. The molecule has 2 aromatic carbocycles. The second-order valence-corrected chi connectivity index (χ2v) is 7.42. The van der Waals surface area contributed by atoms with E-state index in [4.69, 9.17) is 13.9 Å². The number of aryl methyl sites for hydroxylation is 2. The van der Waals surface area contributed by atoms with Crippen LogP contribution in [0.4, 0.5) is 0 Å². The Morgan fingerprint density at radius 3 is 2.53 bits per heavy atom. The van der Waals surface area contributed by atoms with Gasteiger partial charge >= 0.3 is 11.6 Å². The Balaban J connectivity index is 1.61. The van der Waals surface area contributed by atoms with Crippen molar-refractivity contribution in [2.24, 2.45) is 0 Å². The lowest BCUT2D eigenvalue weighted by molar-refractivity contribution is -0.148. The third kappa shape index (κ3) is 5.43. The van der Waals surface area contributed by atoms with Crippen LogP contribution in [0.1, 0.15) is 29.2 Å². The molecule has 0 spiro atoms. The minimum Gasteiger partial charge on any atom is -0.497 e. The van der Waals surface area contributed by atoms with Crippen molar-refractivity contribution in [1.29, 1.82) is 0 Å². The molecule has 166 valence electrons. The molecule has 1 atom stereocenters. The van der Waals surface area contributed by atoms with E-state index in [2.05, 4.69) is 5.32 Å². The van der Waals surface area contributed by atoms with Crippen LogP contribution >= 0.6 is 0 Å². The zero-order valence-electron chi connectivity index (χ0n) is 18.4. The molecule has 7 heteroatoms. The number of hydrogen-bond donors (Lipinski definition) is 1. The number of amides is 1. The number of carbonyl (C=O) groups excluding carboxylic acids is 2. The van der Waals surface area contributed by atoms with Crippen molar-refractivity contribution in [2.45, 2.75) is 33.4 Å². The lowest BCUT2D eigenvalue weighted by atomic mass is 10.0. The van der Waals surface area contributed by atoms with Gasteiger partial charge in [0.05, 0.1) is 7.11 Å². The maximum atomic E-state index is 12.4. The van der Waals surface area contributed by atoms with Gasteiger partial charge in [0, 0.05) is 23.1 Å². The van der Waals surface area contributed by atoms with Crippen LogP contribution in [0.5, 0.6) is 5.75 Å². The molecule has 1 heterocycles. The van der Waals surface area contributed by atoms with Crippen molar-refractivity contribution in [3.63, 3.8) is 0 Å². The maximum absolute atomic E-state index is 12.4. The fourth-order valence-electron chi connectivity index (χ4n) is 3.13. The lowest BCUT2D eigenvalue weighted by Gasteiger charge is -2.13. The number of rotatable bonds is 7. The molecule has 0 saturated carbocycles. The zero-order chi connectivity index (χ0) is 23.3. The number of methoxy groups -OCH3 is 1. The summed E-state index contributed by atoms with van der Waals surface area (Å²) in [5, 5.41) is 3.28. The van der Waals surface area contributed by atoms with Gasteiger partial charge < -0.3 is 19.2 Å². The van der Waals surface area contributed by atoms with Crippen LogP contribution in [0.15, 0.2) is 57.8 Å². The van der Waals surface area contributed by atoms with E-state index in [1.54, 1.807) is 25.3 Å². The van der Waals surface area contributed by atoms with Crippen molar-refractivity contribution < 1.29 is 23.5 Å². The van der Waals surface area contributed by atoms with Gasteiger partial charge in [-0.1, -0.05) is 24.3 Å². The fourth-order valence-corrected chi connectivity index (χ4v) is 3.13. The Morgan fingerprint density at radius 1 is 1.12 bits per heavy atom. The molecule has 1 N–H and O–H groups in total. The standard InChI is InChI=1S/C25H25NO6/c1-15-5-11-21-19(13-23(28)32-24(21)16(15)2)14-31-25(29)17(3)26-22(27)12-8-18-6-9-20(30-4)10-7-18/h5-13,17H,14H2,1-4H3,(H,26,27). The normalized spacial score (nSPS) is 12.0. The van der Waals surface area contributed by atoms with E-state index in [0.717, 1.165) is 22.4 Å². The highest BCUT2D eigenvalue weighted by atomic mass is 16.5. The topological polar surface area (TPSA) is 94.8 Å². The van der Waals surface area contributed by atoms with Crippen LogP contribution in [0.3, 0.4) is 0 Å². The number of benzene rings is 2. The van der Waals surface area contributed by atoms with Crippen molar-refractivity contribution in [3.8, 4) is 5.75 Å². The van der Waals surface area contributed by atoms with Gasteiger partial charge in [-0.15, -0.1) is 0 Å². The van der Waals surface area contributed by atoms with Gasteiger partial charge in [0.15, 0.2) is 0 Å². The van der Waals surface area contributed by atoms with Crippen LogP contribution in [-0.4, -0.2) is 25.0 Å². The largest absolute Gasteiger partial charge is 0.497 e. The Labute approximate surface area is 185 Å². The molecule has 0 aliphatic rings. The van der Waals surface area contributed by atoms with Crippen LogP contribution in [-0.2, 0) is 20.9 Å². The lowest BCUT2D eigenvalue weighted by Crippen LogP contribution is -2.38. The van der Waals surface area contributed by atoms with Crippen molar-refractivity contribution in [2.75, 3.05) is 7.11 Å². The first-order chi connectivity index (χ1) is 15.3. The molecule has 3 aromatic rings. The second kappa shape index (κ2) is 9.96. The second-order valence-electron chi connectivity index (χ2n) is 7.42. The molecule has 0 radical (unpaired) electrons. The molecular weight excluding hydrogens is 410 g/mol. The van der Waals surface area contributed by atoms with E-state index in [9.17, 15) is 14.4 Å². The molecule has 0 saturated heterocycles. The fraction of sp³-hybridized carbons (Fsp3) is 0.240. The summed E-state index contributed by atoms with van der Waals surface area (Å²) in [6, 6.07) is 11.4. The molecule has 0 aliphatic heterocycles. The number of fused-ring (bicyclic) bond motifs is 1. The summed E-state index contributed by atoms with van der Waals surface area (Å²) in [6.45, 7) is 5.22. The summed E-state index contributed by atoms with van der Waals surface area (Å²) in [5.41, 5.74) is 3.18. The number of ether oxygens (including phenoxy) is 2. The van der Waals surface area contributed by atoms with Crippen molar-refractivity contribution in [3.05, 3.63) is 81.2 Å². The summed E-state index contributed by atoms with van der Waals surface area (Å²) < 4.78 is 15.8. The zero-order valence-corrected chi connectivity index (χ0v) is 18.4. The first kappa shape index (κ1) is 22.8. The van der Waals surface area contributed by atoms with Crippen molar-refractivity contribution in [1.82, 2.24) is 5.32 Å². The predicted molar refractivity (Wildman–Crippen MR) is 121 cm³/mol. The number of nitrogens with one attached hydrogen (secondary N) is 1. The Hall–Kier alpha value is -3.87. The van der Waals surface area contributed by atoms with E-state index in [1.165, 1.54) is 19.1 Å². The van der Waals surface area contributed by atoms with Gasteiger partial charge in [-0.25, -0.2) is 9.59 Å². The first-order valence-electron chi connectivity index (χ1n) is 10.1. The SMILES string of the molecule is COc1ccc(C=CC(=O)NC(C)C(=O)OCc2cc(=O)oc3c(C)c(C)ccc23)cc1. The van der Waals surface area contributed by atoms with E-state index in [1.807, 2.05) is 38.1 Å². The summed E-state index contributed by atoms with van der Waals surface area (Å²) in [5.74, 6) is -0.319. The highest BCUT2D eigenvalue weighted by Crippen LogP contribution is 2.23. The Bertz CT molecular complexity index is 1220. The minimum absolute atomic E-state index is 0.106. The molecule has 3 rings (SSSR count). The summed E-state index contributed by atoms with van der Waals surface area (Å²) in [4.78, 5) is 36.4. The van der Waals surface area contributed by atoms with Gasteiger partial charge in [-0.05, 0) is 55.7 Å². The minimum atomic E-state index is -0.863. The van der Waals surface area contributed by atoms with E-state index in [0.29, 0.717) is 16.5 Å². The van der Waals surface area contributed by atoms with Gasteiger partial charge in [-0.2, -0.15) is 0 Å². The molecule has 7 nitrogen and oxygen atoms in total. The third-order valence-corrected chi connectivity index (χ3v) is 5.14. The number of carbonyl (C=O) groups is 2. The highest BCUT2D eigenvalue weighted by molar-refractivity contribution is 5.94. The summed E-state index contributed by atoms with van der Waals surface area (Å²) in [6.07, 6.45) is 2.97. The summed E-state index contributed by atoms with van der Waals surface area (Å²) in [7, 11) is 1.58. The quantitative estimate of drug-likeness (QED) is 0.346. The van der Waals surface area contributed by atoms with Gasteiger partial charge in [-0.3, -0.25) is 4.79 Å². The predicted octanol–water partition coefficient (Wildman–Crippen LogP) is 3.68. The highest BCUT2D eigenvalue weighted by Gasteiger charge is 2.17. The van der Waals surface area contributed by atoms with E-state index in [-0.39, 0.29) is 6.61 Å². The van der Waals surface area contributed by atoms with Gasteiger partial charge in [0.2, 0.25) is 5.91 Å². The van der Waals surface area contributed by atoms with Crippen LogP contribution in [0, 0.1) is 13.8 Å². The molecule has 1 amide bonds. The van der Waals surface area contributed by atoms with Crippen LogP contribution < -0.4 is 15.7 Å². The van der Waals surface area contributed by atoms with Crippen LogP contribution in [0.25, 0.3) is 17.0 Å². The van der Waals surface area contributed by atoms with Crippen molar-refractivity contribution >= 4 is 28.9 Å². The molecule has 0 bridgehead atoms. The molecule has 1 aromatic heterocycles. The Morgan fingerprint density at radius 2 is 1.84 bits per heavy atom. The third-order valence-electron chi connectivity index (χ3n) is 5.14. The van der Waals surface area contributed by atoms with Gasteiger partial charge in [0.25, 0.3) is 0 Å². The molecule has 0 aliphatic carbocycles. The monoisotopic (exact) mass is 435 g/mol. The Kier molecular flexibility index (Phi) is 7.10. The van der Waals surface area contributed by atoms with E-state index >= 15 is 0 Å². The molecule has 32 heavy (non-hydrogen) atoms. The van der Waals surface area contributed by atoms with Crippen LogP contribution in [0.2, 0.25) is 0 Å². The number of hydrogen-bond acceptors (Lipinski definition) is 6. The van der Waals surface area contributed by atoms with Gasteiger partial charge in [0.1, 0.15) is 24.0 Å². The maximum Gasteiger partial charge on any atom is 0.336 e. The molecular formula is C25H25NO6. The summed E-state index contributed by atoms with van der Waals surface area (Å²) >= 11 is 0. The smallest absolute Gasteiger partial charge is 0.336 e. The van der Waals surface area contributed by atoms with E-state index < -0.39 is 23.5 Å². The number of esters is 1. The average Bonchev–Trinajstić information content (AvgIpc) is 2.78. The molecule has 0 fully saturated rings. The molecule has 1 unspecified atom stereocenters.